The predicted molar refractivity (Wildman–Crippen MR) is 109 cm³/mol. The third-order valence-corrected chi connectivity index (χ3v) is 5.20. The van der Waals surface area contributed by atoms with Crippen molar-refractivity contribution in [3.8, 4) is 0 Å². The fourth-order valence-corrected chi connectivity index (χ4v) is 3.38. The summed E-state index contributed by atoms with van der Waals surface area (Å²) in [6.45, 7) is 9.81. The van der Waals surface area contributed by atoms with Crippen LogP contribution >= 0.6 is 0 Å². The third kappa shape index (κ3) is 3.33. The summed E-state index contributed by atoms with van der Waals surface area (Å²) in [5.74, 6) is 0.646. The second kappa shape index (κ2) is 6.98. The van der Waals surface area contributed by atoms with Crippen molar-refractivity contribution in [2.45, 2.75) is 59.9 Å². The molecule has 8 nitrogen and oxygen atoms in total. The van der Waals surface area contributed by atoms with Gasteiger partial charge in [0.05, 0.1) is 12.3 Å². The number of unbranched alkanes of at least 4 members (excludes halogenated alkanes) is 3. The van der Waals surface area contributed by atoms with Gasteiger partial charge in [0.15, 0.2) is 11.2 Å². The number of nitrogens with zero attached hydrogens (tertiary/aromatic N) is 6. The van der Waals surface area contributed by atoms with Crippen LogP contribution < -0.4 is 16.3 Å². The number of fused-ring (bicyclic) bond motifs is 3. The van der Waals surface area contributed by atoms with Crippen LogP contribution in [0, 0.1) is 5.41 Å². The Morgan fingerprint density at radius 3 is 2.37 bits per heavy atom. The molecule has 148 valence electrons. The van der Waals surface area contributed by atoms with Crippen LogP contribution in [0.1, 0.15) is 53.4 Å². The Balaban J connectivity index is 2.16. The van der Waals surface area contributed by atoms with E-state index in [0.29, 0.717) is 23.7 Å². The number of aryl methyl sites for hydroxylation is 1. The monoisotopic (exact) mass is 374 g/mol. The van der Waals surface area contributed by atoms with Crippen molar-refractivity contribution in [2.75, 3.05) is 11.6 Å². The van der Waals surface area contributed by atoms with E-state index in [1.807, 2.05) is 9.58 Å². The lowest BCUT2D eigenvalue weighted by Crippen LogP contribution is -2.39. The zero-order valence-corrected chi connectivity index (χ0v) is 17.2. The molecule has 0 unspecified atom stereocenters. The lowest BCUT2D eigenvalue weighted by molar-refractivity contribution is 0.544. The molecule has 0 fully saturated rings. The Bertz CT molecular complexity index is 1000. The molecule has 0 amide bonds. The largest absolute Gasteiger partial charge is 0.332 e. The number of hydrogen-bond acceptors (Lipinski definition) is 5. The average Bonchev–Trinajstić information content (AvgIpc) is 3.00. The number of anilines is 1. The van der Waals surface area contributed by atoms with E-state index in [-0.39, 0.29) is 16.7 Å². The van der Waals surface area contributed by atoms with Gasteiger partial charge in [-0.15, -0.1) is 0 Å². The highest BCUT2D eigenvalue weighted by atomic mass is 16.2. The molecule has 2 aromatic rings. The van der Waals surface area contributed by atoms with Crippen LogP contribution in [0.2, 0.25) is 0 Å². The van der Waals surface area contributed by atoms with Gasteiger partial charge in [-0.1, -0.05) is 47.0 Å². The molecule has 0 bridgehead atoms. The molecule has 0 aliphatic carbocycles. The molecule has 0 N–H and O–H groups in total. The van der Waals surface area contributed by atoms with Gasteiger partial charge < -0.3 is 0 Å². The van der Waals surface area contributed by atoms with Crippen molar-refractivity contribution >= 4 is 22.8 Å². The van der Waals surface area contributed by atoms with Gasteiger partial charge in [0.2, 0.25) is 5.95 Å². The standard InChI is InChI=1S/C19H30N6O2/c1-7-8-9-10-11-25-17-20-15-14(16(26)23(6)18(27)22(15)5)24(17)12-13(21-25)19(2,3)4/h7-12H2,1-6H3. The molecule has 3 rings (SSSR count). The highest BCUT2D eigenvalue weighted by molar-refractivity contribution is 5.93. The second-order valence-electron chi connectivity index (χ2n) is 8.36. The van der Waals surface area contributed by atoms with E-state index in [2.05, 4.69) is 32.7 Å². The van der Waals surface area contributed by atoms with Crippen molar-refractivity contribution in [3.05, 3.63) is 20.8 Å². The minimum Gasteiger partial charge on any atom is -0.297 e. The van der Waals surface area contributed by atoms with E-state index in [4.69, 9.17) is 5.10 Å². The van der Waals surface area contributed by atoms with Crippen LogP contribution in [-0.2, 0) is 20.6 Å². The molecular weight excluding hydrogens is 344 g/mol. The first-order valence-corrected chi connectivity index (χ1v) is 9.68. The first-order chi connectivity index (χ1) is 12.7. The van der Waals surface area contributed by atoms with Gasteiger partial charge in [0.1, 0.15) is 0 Å². The van der Waals surface area contributed by atoms with E-state index < -0.39 is 0 Å². The molecule has 0 spiro atoms. The summed E-state index contributed by atoms with van der Waals surface area (Å²) in [5, 5.41) is 6.77. The summed E-state index contributed by atoms with van der Waals surface area (Å²) in [5.41, 5.74) is 1.08. The van der Waals surface area contributed by atoms with E-state index >= 15 is 0 Å². The fraction of sp³-hybridized carbons (Fsp3) is 0.684. The molecule has 0 saturated carbocycles. The van der Waals surface area contributed by atoms with Crippen molar-refractivity contribution in [1.82, 2.24) is 18.7 Å². The highest BCUT2D eigenvalue weighted by Gasteiger charge is 2.31. The van der Waals surface area contributed by atoms with Gasteiger partial charge in [-0.25, -0.2) is 9.80 Å². The maximum atomic E-state index is 12.8. The Morgan fingerprint density at radius 1 is 1.04 bits per heavy atom. The van der Waals surface area contributed by atoms with Gasteiger partial charge in [0, 0.05) is 26.1 Å². The minimum absolute atomic E-state index is 0.123. The summed E-state index contributed by atoms with van der Waals surface area (Å²) in [6, 6.07) is 0. The number of rotatable bonds is 5. The Kier molecular flexibility index (Phi) is 5.01. The third-order valence-electron chi connectivity index (χ3n) is 5.20. The quantitative estimate of drug-likeness (QED) is 0.752. The molecular formula is C19H30N6O2. The van der Waals surface area contributed by atoms with Gasteiger partial charge in [-0.2, -0.15) is 10.1 Å². The minimum atomic E-state index is -0.366. The van der Waals surface area contributed by atoms with Crippen molar-refractivity contribution < 1.29 is 0 Å². The molecule has 8 heteroatoms. The molecule has 1 aliphatic heterocycles. The summed E-state index contributed by atoms with van der Waals surface area (Å²) < 4.78 is 4.50. The Morgan fingerprint density at radius 2 is 1.74 bits per heavy atom. The van der Waals surface area contributed by atoms with Crippen LogP contribution in [0.4, 0.5) is 5.95 Å². The number of hydrogen-bond donors (Lipinski definition) is 0. The molecule has 1 aliphatic rings. The summed E-state index contributed by atoms with van der Waals surface area (Å²) in [6.07, 6.45) is 4.51. The van der Waals surface area contributed by atoms with E-state index in [9.17, 15) is 9.59 Å². The van der Waals surface area contributed by atoms with Gasteiger partial charge in [0.25, 0.3) is 5.56 Å². The second-order valence-corrected chi connectivity index (χ2v) is 8.36. The summed E-state index contributed by atoms with van der Waals surface area (Å²) in [7, 11) is 3.16. The van der Waals surface area contributed by atoms with Crippen LogP contribution in [0.25, 0.3) is 11.2 Å². The maximum Gasteiger partial charge on any atom is 0.332 e. The topological polar surface area (TPSA) is 77.4 Å². The van der Waals surface area contributed by atoms with Gasteiger partial charge in [-0.05, 0) is 6.42 Å². The summed E-state index contributed by atoms with van der Waals surface area (Å²) in [4.78, 5) is 29.8. The lowest BCUT2D eigenvalue weighted by atomic mass is 9.89. The van der Waals surface area contributed by atoms with E-state index in [0.717, 1.165) is 29.7 Å². The first kappa shape index (κ1) is 19.4. The molecule has 2 aromatic heterocycles. The summed E-state index contributed by atoms with van der Waals surface area (Å²) >= 11 is 0. The molecule has 0 aromatic carbocycles. The zero-order chi connectivity index (χ0) is 19.9. The smallest absolute Gasteiger partial charge is 0.297 e. The van der Waals surface area contributed by atoms with Crippen LogP contribution in [0.3, 0.4) is 0 Å². The maximum absolute atomic E-state index is 12.8. The van der Waals surface area contributed by atoms with Crippen molar-refractivity contribution in [3.63, 3.8) is 0 Å². The van der Waals surface area contributed by atoms with Crippen molar-refractivity contribution in [1.29, 1.82) is 0 Å². The normalized spacial score (nSPS) is 14.6. The fourth-order valence-electron chi connectivity index (χ4n) is 3.38. The van der Waals surface area contributed by atoms with Crippen LogP contribution in [0.5, 0.6) is 0 Å². The van der Waals surface area contributed by atoms with Crippen LogP contribution in [-0.4, -0.2) is 30.9 Å². The number of imidazole rings is 1. The average molecular weight is 374 g/mol. The van der Waals surface area contributed by atoms with Crippen LogP contribution in [0.15, 0.2) is 14.7 Å². The Labute approximate surface area is 159 Å². The Hall–Kier alpha value is -2.38. The molecule has 3 heterocycles. The van der Waals surface area contributed by atoms with E-state index in [1.54, 1.807) is 7.05 Å². The highest BCUT2D eigenvalue weighted by Crippen LogP contribution is 2.29. The van der Waals surface area contributed by atoms with Gasteiger partial charge in [-0.3, -0.25) is 18.5 Å². The lowest BCUT2D eigenvalue weighted by Gasteiger charge is -2.31. The molecule has 0 saturated heterocycles. The van der Waals surface area contributed by atoms with Gasteiger partial charge >= 0.3 is 5.69 Å². The van der Waals surface area contributed by atoms with E-state index in [1.165, 1.54) is 24.5 Å². The molecule has 0 radical (unpaired) electrons. The number of aromatic nitrogens is 4. The molecule has 27 heavy (non-hydrogen) atoms. The zero-order valence-electron chi connectivity index (χ0n) is 17.2. The molecule has 0 atom stereocenters. The SMILES string of the molecule is CCCCCCN1N=C(C(C)(C)C)Cn2c1nc1c2c(=O)n(C)c(=O)n1C. The predicted octanol–water partition coefficient (Wildman–Crippen LogP) is 2.24. The number of hydrazone groups is 1. The first-order valence-electron chi connectivity index (χ1n) is 9.68. The van der Waals surface area contributed by atoms with Crippen molar-refractivity contribution in [2.24, 2.45) is 24.6 Å².